The first-order chi connectivity index (χ1) is 12.6. The minimum Gasteiger partial charge on any atom is -0.369 e. The van der Waals surface area contributed by atoms with Gasteiger partial charge in [-0.3, -0.25) is 9.69 Å². The molecule has 7 nitrogen and oxygen atoms in total. The second-order valence-electron chi connectivity index (χ2n) is 6.96. The van der Waals surface area contributed by atoms with Crippen LogP contribution in [0.2, 0.25) is 0 Å². The van der Waals surface area contributed by atoms with Crippen molar-refractivity contribution in [2.24, 2.45) is 0 Å². The standard InChI is InChI=1S/C18H23N5O2S/c1-2-12-10-13-14(20-11-21-15(13)26-12)19-8-5-9-23-16(24)18(22-17(23)25)6-3-4-7-18/h10-11H,2-9H2,1H3,(H,22,25)(H,19,20,21). The summed E-state index contributed by atoms with van der Waals surface area (Å²) in [4.78, 5) is 37.1. The summed E-state index contributed by atoms with van der Waals surface area (Å²) in [6, 6.07) is 1.88. The zero-order chi connectivity index (χ0) is 18.1. The van der Waals surface area contributed by atoms with E-state index in [0.29, 0.717) is 19.5 Å². The van der Waals surface area contributed by atoms with E-state index < -0.39 is 5.54 Å². The van der Waals surface area contributed by atoms with Crippen LogP contribution < -0.4 is 10.6 Å². The van der Waals surface area contributed by atoms with E-state index in [4.69, 9.17) is 0 Å². The molecule has 4 rings (SSSR count). The Balaban J connectivity index is 1.35. The smallest absolute Gasteiger partial charge is 0.325 e. The Morgan fingerprint density at radius 1 is 1.31 bits per heavy atom. The summed E-state index contributed by atoms with van der Waals surface area (Å²) in [5.41, 5.74) is -0.615. The summed E-state index contributed by atoms with van der Waals surface area (Å²) in [6.45, 7) is 3.20. The van der Waals surface area contributed by atoms with Crippen LogP contribution in [0.3, 0.4) is 0 Å². The number of fused-ring (bicyclic) bond motifs is 1. The largest absolute Gasteiger partial charge is 0.369 e. The normalized spacial score (nSPS) is 18.9. The molecule has 2 N–H and O–H groups in total. The first-order valence-corrected chi connectivity index (χ1v) is 10.1. The van der Waals surface area contributed by atoms with Gasteiger partial charge in [-0.1, -0.05) is 19.8 Å². The SMILES string of the molecule is CCc1cc2c(NCCCN3C(=O)NC4(CCCC4)C3=O)ncnc2s1. The summed E-state index contributed by atoms with van der Waals surface area (Å²) in [7, 11) is 0. The van der Waals surface area contributed by atoms with E-state index in [2.05, 4.69) is 33.6 Å². The predicted octanol–water partition coefficient (Wildman–Crippen LogP) is 2.92. The molecule has 0 radical (unpaired) electrons. The Morgan fingerprint density at radius 3 is 2.88 bits per heavy atom. The number of hydrogen-bond donors (Lipinski definition) is 2. The van der Waals surface area contributed by atoms with Gasteiger partial charge >= 0.3 is 6.03 Å². The van der Waals surface area contributed by atoms with Crippen molar-refractivity contribution in [1.29, 1.82) is 0 Å². The lowest BCUT2D eigenvalue weighted by Gasteiger charge is -2.20. The maximum atomic E-state index is 12.6. The van der Waals surface area contributed by atoms with Crippen molar-refractivity contribution in [2.45, 2.75) is 51.0 Å². The third-order valence-corrected chi connectivity index (χ3v) is 6.47. The van der Waals surface area contributed by atoms with Crippen LogP contribution in [0.5, 0.6) is 0 Å². The van der Waals surface area contributed by atoms with Crippen LogP contribution in [-0.2, 0) is 11.2 Å². The third kappa shape index (κ3) is 2.92. The van der Waals surface area contributed by atoms with Gasteiger partial charge in [0.05, 0.1) is 5.39 Å². The van der Waals surface area contributed by atoms with E-state index in [1.165, 1.54) is 9.78 Å². The van der Waals surface area contributed by atoms with Gasteiger partial charge < -0.3 is 10.6 Å². The molecule has 3 amide bonds. The molecule has 0 aromatic carbocycles. The number of hydrogen-bond acceptors (Lipinski definition) is 6. The number of nitrogens with zero attached hydrogens (tertiary/aromatic N) is 3. The molecule has 2 aromatic rings. The Hall–Kier alpha value is -2.22. The van der Waals surface area contributed by atoms with Crippen molar-refractivity contribution in [3.05, 3.63) is 17.3 Å². The number of amides is 3. The highest BCUT2D eigenvalue weighted by molar-refractivity contribution is 7.18. The monoisotopic (exact) mass is 373 g/mol. The number of nitrogens with one attached hydrogen (secondary N) is 2. The average Bonchev–Trinajstić information content (AvgIpc) is 3.33. The van der Waals surface area contributed by atoms with Crippen molar-refractivity contribution >= 4 is 39.3 Å². The molecule has 1 saturated carbocycles. The Kier molecular flexibility index (Phi) is 4.52. The molecule has 0 unspecified atom stereocenters. The number of urea groups is 1. The molecule has 0 atom stereocenters. The fraction of sp³-hybridized carbons (Fsp3) is 0.556. The van der Waals surface area contributed by atoms with Crippen LogP contribution in [0.1, 0.15) is 43.9 Å². The number of aryl methyl sites for hydroxylation is 1. The van der Waals surface area contributed by atoms with Crippen molar-refractivity contribution in [3.63, 3.8) is 0 Å². The fourth-order valence-electron chi connectivity index (χ4n) is 3.86. The van der Waals surface area contributed by atoms with Gasteiger partial charge in [-0.25, -0.2) is 14.8 Å². The van der Waals surface area contributed by atoms with Crippen LogP contribution in [0, 0.1) is 0 Å². The molecule has 1 saturated heterocycles. The summed E-state index contributed by atoms with van der Waals surface area (Å²) in [6.07, 6.45) is 6.78. The second-order valence-corrected chi connectivity index (χ2v) is 8.08. The Morgan fingerprint density at radius 2 is 2.12 bits per heavy atom. The Bertz CT molecular complexity index is 843. The zero-order valence-electron chi connectivity index (χ0n) is 14.9. The van der Waals surface area contributed by atoms with Gasteiger partial charge in [0.1, 0.15) is 22.5 Å². The summed E-state index contributed by atoms with van der Waals surface area (Å²) in [5.74, 6) is 0.769. The maximum absolute atomic E-state index is 12.6. The molecule has 1 spiro atoms. The average molecular weight is 373 g/mol. The van der Waals surface area contributed by atoms with Gasteiger partial charge in [0.15, 0.2) is 0 Å². The van der Waals surface area contributed by atoms with Crippen molar-refractivity contribution < 1.29 is 9.59 Å². The van der Waals surface area contributed by atoms with Crippen molar-refractivity contribution in [2.75, 3.05) is 18.4 Å². The van der Waals surface area contributed by atoms with E-state index in [0.717, 1.165) is 48.1 Å². The lowest BCUT2D eigenvalue weighted by Crippen LogP contribution is -2.44. The van der Waals surface area contributed by atoms with Crippen LogP contribution in [0.15, 0.2) is 12.4 Å². The van der Waals surface area contributed by atoms with E-state index in [9.17, 15) is 9.59 Å². The number of anilines is 1. The molecule has 1 aliphatic carbocycles. The van der Waals surface area contributed by atoms with Crippen LogP contribution >= 0.6 is 11.3 Å². The number of carbonyl (C=O) groups excluding carboxylic acids is 2. The molecule has 2 fully saturated rings. The lowest BCUT2D eigenvalue weighted by molar-refractivity contribution is -0.131. The van der Waals surface area contributed by atoms with E-state index in [1.807, 2.05) is 0 Å². The number of imide groups is 1. The number of carbonyl (C=O) groups is 2. The van der Waals surface area contributed by atoms with Gasteiger partial charge in [-0.2, -0.15) is 0 Å². The van der Waals surface area contributed by atoms with Crippen molar-refractivity contribution in [1.82, 2.24) is 20.2 Å². The second kappa shape index (κ2) is 6.83. The summed E-state index contributed by atoms with van der Waals surface area (Å²) >= 11 is 1.69. The Labute approximate surface area is 156 Å². The molecule has 138 valence electrons. The molecular weight excluding hydrogens is 350 g/mol. The molecule has 1 aliphatic heterocycles. The van der Waals surface area contributed by atoms with E-state index in [1.54, 1.807) is 17.7 Å². The first-order valence-electron chi connectivity index (χ1n) is 9.24. The minimum atomic E-state index is -0.615. The van der Waals surface area contributed by atoms with Gasteiger partial charge in [0, 0.05) is 18.0 Å². The zero-order valence-corrected chi connectivity index (χ0v) is 15.7. The molecule has 2 aliphatic rings. The van der Waals surface area contributed by atoms with Gasteiger partial charge in [0.25, 0.3) is 5.91 Å². The van der Waals surface area contributed by atoms with Crippen LogP contribution in [0.25, 0.3) is 10.2 Å². The van der Waals surface area contributed by atoms with E-state index in [-0.39, 0.29) is 11.9 Å². The molecule has 3 heterocycles. The van der Waals surface area contributed by atoms with Gasteiger partial charge in [-0.05, 0) is 31.7 Å². The molecule has 0 bridgehead atoms. The predicted molar refractivity (Wildman–Crippen MR) is 101 cm³/mol. The van der Waals surface area contributed by atoms with Crippen LogP contribution in [0.4, 0.5) is 10.6 Å². The highest BCUT2D eigenvalue weighted by atomic mass is 32.1. The number of thiophene rings is 1. The highest BCUT2D eigenvalue weighted by Crippen LogP contribution is 2.35. The molecule has 26 heavy (non-hydrogen) atoms. The van der Waals surface area contributed by atoms with Crippen LogP contribution in [-0.4, -0.2) is 45.4 Å². The number of rotatable bonds is 6. The maximum Gasteiger partial charge on any atom is 0.325 e. The van der Waals surface area contributed by atoms with E-state index >= 15 is 0 Å². The lowest BCUT2D eigenvalue weighted by atomic mass is 9.98. The topological polar surface area (TPSA) is 87.2 Å². The van der Waals surface area contributed by atoms with Gasteiger partial charge in [0.2, 0.25) is 0 Å². The quantitative estimate of drug-likeness (QED) is 0.600. The molecule has 8 heteroatoms. The van der Waals surface area contributed by atoms with Crippen molar-refractivity contribution in [3.8, 4) is 0 Å². The highest BCUT2D eigenvalue weighted by Gasteiger charge is 2.51. The van der Waals surface area contributed by atoms with Gasteiger partial charge in [-0.15, -0.1) is 11.3 Å². The third-order valence-electron chi connectivity index (χ3n) is 5.28. The minimum absolute atomic E-state index is 0.0464. The fourth-order valence-corrected chi connectivity index (χ4v) is 4.80. The number of aromatic nitrogens is 2. The first kappa shape index (κ1) is 17.2. The molecular formula is C18H23N5O2S. The summed E-state index contributed by atoms with van der Waals surface area (Å²) < 4.78 is 0. The summed E-state index contributed by atoms with van der Waals surface area (Å²) in [5, 5.41) is 7.28. The molecule has 2 aromatic heterocycles.